The van der Waals surface area contributed by atoms with Gasteiger partial charge in [0, 0.05) is 23.9 Å². The van der Waals surface area contributed by atoms with Crippen LogP contribution in [0.15, 0.2) is 78.9 Å². The molecule has 2 amide bonds. The normalized spacial score (nSPS) is 15.7. The largest absolute Gasteiger partial charge is 0.491 e. The average molecular weight is 461 g/mol. The molecule has 0 spiro atoms. The minimum absolute atomic E-state index is 0.0248. The summed E-state index contributed by atoms with van der Waals surface area (Å²) in [6, 6.07) is 25.1. The predicted molar refractivity (Wildman–Crippen MR) is 134 cm³/mol. The van der Waals surface area contributed by atoms with E-state index in [0.717, 1.165) is 17.7 Å². The summed E-state index contributed by atoms with van der Waals surface area (Å²) in [5.74, 6) is 1.18. The van der Waals surface area contributed by atoms with Crippen LogP contribution in [0.3, 0.4) is 0 Å². The Morgan fingerprint density at radius 3 is 2.55 bits per heavy atom. The first-order valence-electron chi connectivity index (χ1n) is 11.1. The monoisotopic (exact) mass is 460 g/mol. The third-order valence-corrected chi connectivity index (χ3v) is 6.63. The molecule has 0 bridgehead atoms. The minimum atomic E-state index is -0.181. The SMILES string of the molecule is CC(C)Oc1cccc(NC(=O)c2ccc([C@H]3SCC(=O)N3CCc3ccccc3)cc2)c1. The lowest BCUT2D eigenvalue weighted by Crippen LogP contribution is -2.30. The molecule has 0 aliphatic carbocycles. The molecule has 0 radical (unpaired) electrons. The van der Waals surface area contributed by atoms with Crippen LogP contribution in [-0.2, 0) is 11.2 Å². The zero-order valence-corrected chi connectivity index (χ0v) is 19.7. The Balaban J connectivity index is 1.40. The van der Waals surface area contributed by atoms with Crippen molar-refractivity contribution < 1.29 is 14.3 Å². The van der Waals surface area contributed by atoms with Gasteiger partial charge < -0.3 is 15.0 Å². The van der Waals surface area contributed by atoms with Crippen LogP contribution in [0.25, 0.3) is 0 Å². The summed E-state index contributed by atoms with van der Waals surface area (Å²) in [4.78, 5) is 27.2. The first-order valence-corrected chi connectivity index (χ1v) is 12.2. The van der Waals surface area contributed by atoms with E-state index >= 15 is 0 Å². The highest BCUT2D eigenvalue weighted by Crippen LogP contribution is 2.38. The molecular weight excluding hydrogens is 432 g/mol. The standard InChI is InChI=1S/C27H28N2O3S/c1-19(2)32-24-10-6-9-23(17-24)28-26(31)21-11-13-22(14-12-21)27-29(25(30)18-33-27)16-15-20-7-4-3-5-8-20/h3-14,17,19,27H,15-16,18H2,1-2H3,(H,28,31)/t27-/m1/s1. The van der Waals surface area contributed by atoms with E-state index in [1.807, 2.05) is 85.5 Å². The number of carbonyl (C=O) groups is 2. The molecule has 1 aliphatic heterocycles. The molecular formula is C27H28N2O3S. The van der Waals surface area contributed by atoms with Crippen molar-refractivity contribution in [2.75, 3.05) is 17.6 Å². The van der Waals surface area contributed by atoms with Crippen molar-refractivity contribution in [3.8, 4) is 5.75 Å². The first kappa shape index (κ1) is 22.9. The number of amides is 2. The lowest BCUT2D eigenvalue weighted by atomic mass is 10.1. The van der Waals surface area contributed by atoms with Crippen LogP contribution in [0.4, 0.5) is 5.69 Å². The lowest BCUT2D eigenvalue weighted by molar-refractivity contribution is -0.128. The van der Waals surface area contributed by atoms with Crippen molar-refractivity contribution >= 4 is 29.3 Å². The second-order valence-corrected chi connectivity index (χ2v) is 9.33. The Bertz CT molecular complexity index is 1100. The van der Waals surface area contributed by atoms with Crippen LogP contribution < -0.4 is 10.1 Å². The number of thioether (sulfide) groups is 1. The molecule has 3 aromatic carbocycles. The van der Waals surface area contributed by atoms with Gasteiger partial charge in [0.1, 0.15) is 11.1 Å². The Kier molecular flexibility index (Phi) is 7.35. The van der Waals surface area contributed by atoms with Gasteiger partial charge in [-0.05, 0) is 55.7 Å². The van der Waals surface area contributed by atoms with Crippen molar-refractivity contribution in [3.05, 3.63) is 95.6 Å². The average Bonchev–Trinajstić information content (AvgIpc) is 3.18. The second-order valence-electron chi connectivity index (χ2n) is 8.26. The van der Waals surface area contributed by atoms with Crippen molar-refractivity contribution in [1.82, 2.24) is 4.90 Å². The summed E-state index contributed by atoms with van der Waals surface area (Å²) >= 11 is 1.63. The summed E-state index contributed by atoms with van der Waals surface area (Å²) in [6.45, 7) is 4.61. The molecule has 1 aliphatic rings. The third kappa shape index (κ3) is 5.96. The number of hydrogen-bond donors (Lipinski definition) is 1. The van der Waals surface area contributed by atoms with Gasteiger partial charge in [0.05, 0.1) is 11.9 Å². The Hall–Kier alpha value is -3.25. The van der Waals surface area contributed by atoms with Crippen LogP contribution in [0.5, 0.6) is 5.75 Å². The van der Waals surface area contributed by atoms with Crippen LogP contribution in [0, 0.1) is 0 Å². The molecule has 1 heterocycles. The highest BCUT2D eigenvalue weighted by atomic mass is 32.2. The van der Waals surface area contributed by atoms with E-state index in [2.05, 4.69) is 17.4 Å². The van der Waals surface area contributed by atoms with Crippen molar-refractivity contribution in [3.63, 3.8) is 0 Å². The van der Waals surface area contributed by atoms with Crippen LogP contribution in [0.1, 0.15) is 40.7 Å². The molecule has 170 valence electrons. The molecule has 0 unspecified atom stereocenters. The zero-order valence-electron chi connectivity index (χ0n) is 18.9. The molecule has 6 heteroatoms. The second kappa shape index (κ2) is 10.6. The van der Waals surface area contributed by atoms with Crippen LogP contribution in [-0.4, -0.2) is 35.1 Å². The Morgan fingerprint density at radius 2 is 1.82 bits per heavy atom. The fraction of sp³-hybridized carbons (Fsp3) is 0.259. The molecule has 1 atom stereocenters. The molecule has 0 aromatic heterocycles. The van der Waals surface area contributed by atoms with Gasteiger partial charge in [0.25, 0.3) is 5.91 Å². The van der Waals surface area contributed by atoms with Gasteiger partial charge in [-0.25, -0.2) is 0 Å². The molecule has 3 aromatic rings. The molecule has 1 saturated heterocycles. The summed E-state index contributed by atoms with van der Waals surface area (Å²) in [5, 5.41) is 2.90. The predicted octanol–water partition coefficient (Wildman–Crippen LogP) is 5.54. The number of ether oxygens (including phenoxy) is 1. The Labute approximate surface area is 199 Å². The van der Waals surface area contributed by atoms with E-state index < -0.39 is 0 Å². The summed E-state index contributed by atoms with van der Waals surface area (Å²) in [5.41, 5.74) is 3.50. The highest BCUT2D eigenvalue weighted by Gasteiger charge is 2.32. The fourth-order valence-corrected chi connectivity index (χ4v) is 5.01. The summed E-state index contributed by atoms with van der Waals surface area (Å²) < 4.78 is 5.70. The van der Waals surface area contributed by atoms with Crippen molar-refractivity contribution in [1.29, 1.82) is 0 Å². The van der Waals surface area contributed by atoms with E-state index in [9.17, 15) is 9.59 Å². The number of rotatable bonds is 8. The summed E-state index contributed by atoms with van der Waals surface area (Å²) in [6.07, 6.45) is 0.889. The molecule has 0 saturated carbocycles. The smallest absolute Gasteiger partial charge is 0.255 e. The molecule has 1 fully saturated rings. The van der Waals surface area contributed by atoms with Gasteiger partial charge in [0.2, 0.25) is 5.91 Å². The summed E-state index contributed by atoms with van der Waals surface area (Å²) in [7, 11) is 0. The molecule has 4 rings (SSSR count). The van der Waals surface area contributed by atoms with Gasteiger partial charge in [-0.15, -0.1) is 11.8 Å². The van der Waals surface area contributed by atoms with Gasteiger partial charge in [-0.3, -0.25) is 9.59 Å². The molecule has 33 heavy (non-hydrogen) atoms. The van der Waals surface area contributed by atoms with Crippen molar-refractivity contribution in [2.24, 2.45) is 0 Å². The van der Waals surface area contributed by atoms with E-state index in [1.54, 1.807) is 11.8 Å². The third-order valence-electron chi connectivity index (χ3n) is 5.37. The number of anilines is 1. The van der Waals surface area contributed by atoms with Gasteiger partial charge in [-0.2, -0.15) is 0 Å². The Morgan fingerprint density at radius 1 is 1.06 bits per heavy atom. The minimum Gasteiger partial charge on any atom is -0.491 e. The first-order chi connectivity index (χ1) is 16.0. The maximum atomic E-state index is 12.7. The molecule has 1 N–H and O–H groups in total. The van der Waals surface area contributed by atoms with E-state index in [4.69, 9.17) is 4.74 Å². The zero-order chi connectivity index (χ0) is 23.2. The number of nitrogens with one attached hydrogen (secondary N) is 1. The maximum Gasteiger partial charge on any atom is 0.255 e. The van der Waals surface area contributed by atoms with Crippen molar-refractivity contribution in [2.45, 2.75) is 31.7 Å². The fourth-order valence-electron chi connectivity index (χ4n) is 3.79. The highest BCUT2D eigenvalue weighted by molar-refractivity contribution is 8.00. The number of hydrogen-bond acceptors (Lipinski definition) is 4. The van der Waals surface area contributed by atoms with E-state index in [-0.39, 0.29) is 23.3 Å². The van der Waals surface area contributed by atoms with Gasteiger partial charge in [-0.1, -0.05) is 48.5 Å². The lowest BCUT2D eigenvalue weighted by Gasteiger charge is -2.24. The topological polar surface area (TPSA) is 58.6 Å². The van der Waals surface area contributed by atoms with Crippen LogP contribution >= 0.6 is 11.8 Å². The molecule has 5 nitrogen and oxygen atoms in total. The van der Waals surface area contributed by atoms with E-state index in [0.29, 0.717) is 23.5 Å². The number of benzene rings is 3. The maximum absolute atomic E-state index is 12.7. The quantitative estimate of drug-likeness (QED) is 0.479. The van der Waals surface area contributed by atoms with Crippen LogP contribution in [0.2, 0.25) is 0 Å². The van der Waals surface area contributed by atoms with Gasteiger partial charge in [0.15, 0.2) is 0 Å². The van der Waals surface area contributed by atoms with E-state index in [1.165, 1.54) is 5.56 Å². The number of nitrogens with zero attached hydrogens (tertiary/aromatic N) is 1. The van der Waals surface area contributed by atoms with Gasteiger partial charge >= 0.3 is 0 Å². The number of carbonyl (C=O) groups excluding carboxylic acids is 2.